The van der Waals surface area contributed by atoms with Crippen molar-refractivity contribution in [2.24, 2.45) is 0 Å². The van der Waals surface area contributed by atoms with Crippen molar-refractivity contribution in [3.05, 3.63) is 28.8 Å². The number of aromatic amines is 2. The van der Waals surface area contributed by atoms with Gasteiger partial charge in [0.25, 0.3) is 0 Å². The third-order valence-electron chi connectivity index (χ3n) is 2.79. The second-order valence-electron chi connectivity index (χ2n) is 3.75. The molecule has 0 amide bonds. The molecule has 0 aromatic carbocycles. The third kappa shape index (κ3) is 1.55. The van der Waals surface area contributed by atoms with Crippen LogP contribution in [0.5, 0.6) is 0 Å². The summed E-state index contributed by atoms with van der Waals surface area (Å²) in [6.07, 6.45) is 5.10. The smallest absolute Gasteiger partial charge is 0.140 e. The lowest BCUT2D eigenvalue weighted by Crippen LogP contribution is -1.94. The second-order valence-corrected chi connectivity index (χ2v) is 4.54. The molecule has 0 aliphatic rings. The summed E-state index contributed by atoms with van der Waals surface area (Å²) in [6, 6.07) is 0. The number of anilines is 1. The lowest BCUT2D eigenvalue weighted by atomic mass is 10.1. The first kappa shape index (κ1) is 11.4. The molecule has 0 aliphatic carbocycles. The summed E-state index contributed by atoms with van der Waals surface area (Å²) in [5, 5.41) is 11.7. The Hall–Kier alpha value is -1.72. The van der Waals surface area contributed by atoms with Gasteiger partial charge in [0.2, 0.25) is 0 Å². The Morgan fingerprint density at radius 3 is 2.72 bits per heavy atom. The van der Waals surface area contributed by atoms with E-state index in [0.29, 0.717) is 10.2 Å². The monoisotopic (exact) mass is 281 g/mol. The van der Waals surface area contributed by atoms with Crippen LogP contribution < -0.4 is 5.32 Å². The third-order valence-corrected chi connectivity index (χ3v) is 3.37. The van der Waals surface area contributed by atoms with E-state index in [1.807, 2.05) is 7.05 Å². The van der Waals surface area contributed by atoms with Crippen LogP contribution in [0, 0.1) is 0 Å². The molecule has 0 unspecified atom stereocenters. The Bertz CT molecular complexity index is 715. The van der Waals surface area contributed by atoms with Gasteiger partial charge in [-0.2, -0.15) is 5.10 Å². The van der Waals surface area contributed by atoms with E-state index in [9.17, 15) is 0 Å². The summed E-state index contributed by atoms with van der Waals surface area (Å²) >= 11 is 12.2. The quantitative estimate of drug-likeness (QED) is 0.675. The highest BCUT2D eigenvalue weighted by molar-refractivity contribution is 6.37. The van der Waals surface area contributed by atoms with Crippen molar-refractivity contribution < 1.29 is 0 Å². The number of hydrogen-bond donors (Lipinski definition) is 3. The van der Waals surface area contributed by atoms with Crippen LogP contribution in [0.2, 0.25) is 10.2 Å². The van der Waals surface area contributed by atoms with E-state index in [-0.39, 0.29) is 0 Å². The van der Waals surface area contributed by atoms with E-state index in [2.05, 4.69) is 25.5 Å². The topological polar surface area (TPSA) is 69.4 Å². The maximum absolute atomic E-state index is 6.16. The van der Waals surface area contributed by atoms with E-state index in [0.717, 1.165) is 27.8 Å². The SMILES string of the molecule is CNc1c(-c2cn[nH]c2Cl)cnc2[nH]cc(Cl)c12. The minimum Gasteiger partial charge on any atom is -0.387 e. The first-order chi connectivity index (χ1) is 8.72. The molecule has 3 aromatic rings. The molecule has 0 atom stereocenters. The van der Waals surface area contributed by atoms with Gasteiger partial charge in [-0.1, -0.05) is 23.2 Å². The first-order valence-corrected chi connectivity index (χ1v) is 6.00. The van der Waals surface area contributed by atoms with Crippen molar-refractivity contribution in [2.75, 3.05) is 12.4 Å². The molecule has 0 spiro atoms. The molecule has 3 heterocycles. The summed E-state index contributed by atoms with van der Waals surface area (Å²) < 4.78 is 0. The number of nitrogens with one attached hydrogen (secondary N) is 3. The zero-order valence-electron chi connectivity index (χ0n) is 9.38. The van der Waals surface area contributed by atoms with Crippen LogP contribution >= 0.6 is 23.2 Å². The number of halogens is 2. The summed E-state index contributed by atoms with van der Waals surface area (Å²) in [5.41, 5.74) is 3.24. The van der Waals surface area contributed by atoms with Crippen molar-refractivity contribution >= 4 is 39.9 Å². The fourth-order valence-electron chi connectivity index (χ4n) is 1.98. The van der Waals surface area contributed by atoms with Crippen molar-refractivity contribution in [3.63, 3.8) is 0 Å². The normalized spacial score (nSPS) is 11.1. The number of fused-ring (bicyclic) bond motifs is 1. The maximum atomic E-state index is 6.16. The average molecular weight is 282 g/mol. The van der Waals surface area contributed by atoms with Crippen LogP contribution in [-0.4, -0.2) is 27.2 Å². The van der Waals surface area contributed by atoms with Gasteiger partial charge in [-0.25, -0.2) is 4.98 Å². The van der Waals surface area contributed by atoms with E-state index < -0.39 is 0 Å². The highest BCUT2D eigenvalue weighted by Crippen LogP contribution is 2.38. The molecule has 0 saturated heterocycles. The number of nitrogens with zero attached hydrogens (tertiary/aromatic N) is 2. The van der Waals surface area contributed by atoms with Crippen molar-refractivity contribution in [1.29, 1.82) is 0 Å². The van der Waals surface area contributed by atoms with E-state index in [1.165, 1.54) is 0 Å². The lowest BCUT2D eigenvalue weighted by molar-refractivity contribution is 1.09. The largest absolute Gasteiger partial charge is 0.387 e. The number of rotatable bonds is 2. The Morgan fingerprint density at radius 1 is 1.22 bits per heavy atom. The minimum absolute atomic E-state index is 0.472. The molecule has 0 fully saturated rings. The van der Waals surface area contributed by atoms with Crippen LogP contribution in [0.1, 0.15) is 0 Å². The van der Waals surface area contributed by atoms with Gasteiger partial charge >= 0.3 is 0 Å². The van der Waals surface area contributed by atoms with Gasteiger partial charge < -0.3 is 10.3 Å². The number of H-pyrrole nitrogens is 2. The average Bonchev–Trinajstić information content (AvgIpc) is 2.95. The molecule has 3 rings (SSSR count). The Labute approximate surface area is 113 Å². The zero-order valence-corrected chi connectivity index (χ0v) is 10.9. The summed E-state index contributed by atoms with van der Waals surface area (Å²) in [5.74, 6) is 0. The Morgan fingerprint density at radius 2 is 2.06 bits per heavy atom. The molecule has 5 nitrogen and oxygen atoms in total. The van der Waals surface area contributed by atoms with Gasteiger partial charge in [0.05, 0.1) is 22.3 Å². The highest BCUT2D eigenvalue weighted by Gasteiger charge is 2.16. The van der Waals surface area contributed by atoms with Crippen molar-refractivity contribution in [2.45, 2.75) is 0 Å². The van der Waals surface area contributed by atoms with Gasteiger partial charge in [0.15, 0.2) is 0 Å². The predicted octanol–water partition coefficient (Wildman–Crippen LogP) is 3.30. The van der Waals surface area contributed by atoms with Gasteiger partial charge in [-0.3, -0.25) is 5.10 Å². The molecule has 92 valence electrons. The standard InChI is InChI=1S/C11H9Cl2N5/c1-14-9-5(6-3-17-18-10(6)13)2-15-11-8(9)7(12)4-16-11/h2-4H,1H3,(H,17,18)(H2,14,15,16). The minimum atomic E-state index is 0.472. The molecule has 0 radical (unpaired) electrons. The van der Waals surface area contributed by atoms with E-state index in [4.69, 9.17) is 23.2 Å². The molecule has 0 saturated carbocycles. The predicted molar refractivity (Wildman–Crippen MR) is 73.2 cm³/mol. The summed E-state index contributed by atoms with van der Waals surface area (Å²) in [4.78, 5) is 7.34. The molecule has 0 bridgehead atoms. The lowest BCUT2D eigenvalue weighted by Gasteiger charge is -2.09. The molecule has 3 aromatic heterocycles. The number of hydrogen-bond acceptors (Lipinski definition) is 3. The summed E-state index contributed by atoms with van der Waals surface area (Å²) in [6.45, 7) is 0. The highest BCUT2D eigenvalue weighted by atomic mass is 35.5. The molecule has 7 heteroatoms. The van der Waals surface area contributed by atoms with Crippen molar-refractivity contribution in [1.82, 2.24) is 20.2 Å². The molecule has 18 heavy (non-hydrogen) atoms. The van der Waals surface area contributed by atoms with Crippen LogP contribution in [0.4, 0.5) is 5.69 Å². The van der Waals surface area contributed by atoms with Gasteiger partial charge in [-0.15, -0.1) is 0 Å². The molecular formula is C11H9Cl2N5. The van der Waals surface area contributed by atoms with Gasteiger partial charge in [-0.05, 0) is 0 Å². The molecule has 3 N–H and O–H groups in total. The van der Waals surface area contributed by atoms with E-state index in [1.54, 1.807) is 18.6 Å². The molecule has 0 aliphatic heterocycles. The van der Waals surface area contributed by atoms with Crippen LogP contribution in [0.25, 0.3) is 22.2 Å². The number of pyridine rings is 1. The van der Waals surface area contributed by atoms with Crippen LogP contribution in [-0.2, 0) is 0 Å². The molecular weight excluding hydrogens is 273 g/mol. The fraction of sp³-hybridized carbons (Fsp3) is 0.0909. The maximum Gasteiger partial charge on any atom is 0.140 e. The fourth-order valence-corrected chi connectivity index (χ4v) is 2.42. The first-order valence-electron chi connectivity index (χ1n) is 5.25. The van der Waals surface area contributed by atoms with Gasteiger partial charge in [0, 0.05) is 30.6 Å². The van der Waals surface area contributed by atoms with Crippen molar-refractivity contribution in [3.8, 4) is 11.1 Å². The Kier molecular flexibility index (Phi) is 2.65. The van der Waals surface area contributed by atoms with E-state index >= 15 is 0 Å². The van der Waals surface area contributed by atoms with Crippen LogP contribution in [0.3, 0.4) is 0 Å². The Balaban J connectivity index is 2.36. The zero-order chi connectivity index (χ0) is 12.7. The van der Waals surface area contributed by atoms with Crippen LogP contribution in [0.15, 0.2) is 18.6 Å². The van der Waals surface area contributed by atoms with Gasteiger partial charge in [0.1, 0.15) is 10.8 Å². The summed E-state index contributed by atoms with van der Waals surface area (Å²) in [7, 11) is 1.83. The number of aromatic nitrogens is 4. The second kappa shape index (κ2) is 4.19.